The molecule has 0 atom stereocenters. The van der Waals surface area contributed by atoms with Gasteiger partial charge in [0.1, 0.15) is 17.2 Å². The van der Waals surface area contributed by atoms with Crippen LogP contribution in [0.1, 0.15) is 32.8 Å². The van der Waals surface area contributed by atoms with Gasteiger partial charge in [0.2, 0.25) is 0 Å². The van der Waals surface area contributed by atoms with E-state index < -0.39 is 10.1 Å². The summed E-state index contributed by atoms with van der Waals surface area (Å²) in [4.78, 5) is 0. The second-order valence-electron chi connectivity index (χ2n) is 9.54. The molecule has 1 aliphatic rings. The predicted octanol–water partition coefficient (Wildman–Crippen LogP) is 6.19. The van der Waals surface area contributed by atoms with Gasteiger partial charge in [-0.1, -0.05) is 31.2 Å². The molecule has 0 aliphatic carbocycles. The van der Waals surface area contributed by atoms with Crippen molar-refractivity contribution in [3.8, 4) is 28.4 Å². The molecule has 2 N–H and O–H groups in total. The molecule has 0 amide bonds. The summed E-state index contributed by atoms with van der Waals surface area (Å²) in [6, 6.07) is 19.2. The third-order valence-corrected chi connectivity index (χ3v) is 7.45. The van der Waals surface area contributed by atoms with E-state index in [1.807, 2.05) is 36.4 Å². The highest BCUT2D eigenvalue weighted by atomic mass is 32.2. The first-order valence-electron chi connectivity index (χ1n) is 12.3. The Labute approximate surface area is 219 Å². The smallest absolute Gasteiger partial charge is 0.309 e. The van der Waals surface area contributed by atoms with Crippen LogP contribution in [-0.4, -0.2) is 40.5 Å². The Balaban J connectivity index is 1.67. The minimum absolute atomic E-state index is 0.0385. The molecule has 1 heterocycles. The highest BCUT2D eigenvalue weighted by molar-refractivity contribution is 7.87. The summed E-state index contributed by atoms with van der Waals surface area (Å²) in [6.45, 7) is 6.69. The van der Waals surface area contributed by atoms with Crippen LogP contribution in [0.15, 0.2) is 66.7 Å². The van der Waals surface area contributed by atoms with Crippen LogP contribution in [-0.2, 0) is 10.1 Å². The van der Waals surface area contributed by atoms with E-state index in [4.69, 9.17) is 13.7 Å². The fourth-order valence-corrected chi connectivity index (χ4v) is 5.49. The molecule has 37 heavy (non-hydrogen) atoms. The van der Waals surface area contributed by atoms with Gasteiger partial charge >= 0.3 is 10.1 Å². The van der Waals surface area contributed by atoms with E-state index in [2.05, 4.69) is 42.7 Å². The van der Waals surface area contributed by atoms with Gasteiger partial charge in [-0.2, -0.15) is 8.42 Å². The monoisotopic (exact) mass is 522 g/mol. The van der Waals surface area contributed by atoms with Gasteiger partial charge in [0.15, 0.2) is 0 Å². The maximum absolute atomic E-state index is 12.1. The van der Waals surface area contributed by atoms with Gasteiger partial charge in [0, 0.05) is 29.4 Å². The largest absolute Gasteiger partial charge is 0.496 e. The molecule has 0 radical (unpaired) electrons. The molecule has 4 rings (SSSR count). The molecule has 0 bridgehead atoms. The van der Waals surface area contributed by atoms with Crippen molar-refractivity contribution in [1.82, 2.24) is 0 Å². The molecule has 8 heteroatoms. The Hall–Kier alpha value is -3.65. The molecule has 0 unspecified atom stereocenters. The van der Waals surface area contributed by atoms with Crippen LogP contribution in [0.25, 0.3) is 16.7 Å². The minimum Gasteiger partial charge on any atom is -0.496 e. The number of hydrogen-bond acceptors (Lipinski definition) is 7. The van der Waals surface area contributed by atoms with Crippen LogP contribution in [0.4, 0.5) is 11.4 Å². The van der Waals surface area contributed by atoms with Crippen molar-refractivity contribution in [3.63, 3.8) is 0 Å². The maximum atomic E-state index is 12.1. The van der Waals surface area contributed by atoms with Crippen molar-refractivity contribution in [2.24, 2.45) is 0 Å². The molecule has 0 saturated carbocycles. The molecule has 3 aromatic carbocycles. The predicted molar refractivity (Wildman–Crippen MR) is 150 cm³/mol. The molecule has 0 saturated heterocycles. The first-order valence-corrected chi connectivity index (χ1v) is 13.8. The number of methoxy groups -OCH3 is 2. The van der Waals surface area contributed by atoms with E-state index in [9.17, 15) is 8.42 Å². The Morgan fingerprint density at radius 1 is 0.919 bits per heavy atom. The molecular weight excluding hydrogens is 488 g/mol. The topological polar surface area (TPSA) is 85.9 Å². The lowest BCUT2D eigenvalue weighted by atomic mass is 9.88. The summed E-state index contributed by atoms with van der Waals surface area (Å²) in [6.07, 6.45) is 2.72. The summed E-state index contributed by atoms with van der Waals surface area (Å²) in [7, 11) is -0.411. The van der Waals surface area contributed by atoms with E-state index in [1.165, 1.54) is 0 Å². The van der Waals surface area contributed by atoms with Crippen molar-refractivity contribution in [2.75, 3.05) is 37.2 Å². The third kappa shape index (κ3) is 6.20. The Kier molecular flexibility index (Phi) is 7.68. The van der Waals surface area contributed by atoms with Crippen molar-refractivity contribution < 1.29 is 22.1 Å². The lowest BCUT2D eigenvalue weighted by Crippen LogP contribution is -2.32. The first-order chi connectivity index (χ1) is 17.6. The Morgan fingerprint density at radius 2 is 1.68 bits per heavy atom. The average Bonchev–Trinajstić information content (AvgIpc) is 2.86. The number of para-hydroxylation sites is 2. The molecular formula is C29H34N2O5S. The maximum Gasteiger partial charge on any atom is 0.309 e. The SMILES string of the molecule is CCCS(=O)(=O)Oc1ccc(-c2ccc3c(c2)C(CNc2ccccc2OC)=CC(C)(C)N3)c(OC)c1. The molecule has 196 valence electrons. The third-order valence-electron chi connectivity index (χ3n) is 6.10. The summed E-state index contributed by atoms with van der Waals surface area (Å²) >= 11 is 0. The zero-order valence-corrected chi connectivity index (χ0v) is 22.7. The Bertz CT molecular complexity index is 1410. The second kappa shape index (κ2) is 10.8. The van der Waals surface area contributed by atoms with Gasteiger partial charge in [0.05, 0.1) is 31.2 Å². The molecule has 0 spiro atoms. The van der Waals surface area contributed by atoms with Crippen LogP contribution in [0.5, 0.6) is 17.2 Å². The highest BCUT2D eigenvalue weighted by Crippen LogP contribution is 2.40. The van der Waals surface area contributed by atoms with Crippen molar-refractivity contribution in [2.45, 2.75) is 32.7 Å². The standard InChI is InChI=1S/C29H34N2O5S/c1-6-15-37(32,33)36-22-12-13-23(28(17-22)35-5)20-11-14-25-24(16-20)21(18-29(2,3)31-25)19-30-26-9-7-8-10-27(26)34-4/h7-14,16-18,30-31H,6,15,19H2,1-5H3. The summed E-state index contributed by atoms with van der Waals surface area (Å²) < 4.78 is 40.6. The zero-order chi connectivity index (χ0) is 26.6. The van der Waals surface area contributed by atoms with Crippen LogP contribution in [0, 0.1) is 0 Å². The van der Waals surface area contributed by atoms with Gasteiger partial charge in [0.25, 0.3) is 0 Å². The van der Waals surface area contributed by atoms with Gasteiger partial charge in [-0.15, -0.1) is 0 Å². The lowest BCUT2D eigenvalue weighted by Gasteiger charge is -2.33. The number of nitrogens with one attached hydrogen (secondary N) is 2. The molecule has 7 nitrogen and oxygen atoms in total. The van der Waals surface area contributed by atoms with E-state index >= 15 is 0 Å². The highest BCUT2D eigenvalue weighted by Gasteiger charge is 2.25. The normalized spacial score (nSPS) is 14.1. The fourth-order valence-electron chi connectivity index (χ4n) is 4.51. The van der Waals surface area contributed by atoms with Crippen molar-refractivity contribution in [3.05, 3.63) is 72.3 Å². The summed E-state index contributed by atoms with van der Waals surface area (Å²) in [5.74, 6) is 1.52. The Morgan fingerprint density at radius 3 is 2.41 bits per heavy atom. The number of rotatable bonds is 10. The minimum atomic E-state index is -3.64. The fraction of sp³-hybridized carbons (Fsp3) is 0.310. The quantitative estimate of drug-likeness (QED) is 0.307. The second-order valence-corrected chi connectivity index (χ2v) is 11.2. The van der Waals surface area contributed by atoms with Crippen LogP contribution >= 0.6 is 0 Å². The molecule has 3 aromatic rings. The van der Waals surface area contributed by atoms with Gasteiger partial charge in [-0.05, 0) is 67.8 Å². The number of benzene rings is 3. The molecule has 0 aromatic heterocycles. The molecule has 1 aliphatic heterocycles. The first kappa shape index (κ1) is 26.4. The molecule has 0 fully saturated rings. The van der Waals surface area contributed by atoms with E-state index in [-0.39, 0.29) is 17.0 Å². The number of anilines is 2. The van der Waals surface area contributed by atoms with E-state index in [0.29, 0.717) is 18.7 Å². The van der Waals surface area contributed by atoms with Crippen LogP contribution in [0.2, 0.25) is 0 Å². The number of fused-ring (bicyclic) bond motifs is 1. The summed E-state index contributed by atoms with van der Waals surface area (Å²) in [5.41, 5.74) is 5.76. The number of ether oxygens (including phenoxy) is 2. The summed E-state index contributed by atoms with van der Waals surface area (Å²) in [5, 5.41) is 7.11. The number of hydrogen-bond donors (Lipinski definition) is 2. The van der Waals surface area contributed by atoms with Gasteiger partial charge in [-0.25, -0.2) is 0 Å². The van der Waals surface area contributed by atoms with Crippen molar-refractivity contribution >= 4 is 27.1 Å². The zero-order valence-electron chi connectivity index (χ0n) is 21.9. The van der Waals surface area contributed by atoms with E-state index in [1.54, 1.807) is 33.3 Å². The van der Waals surface area contributed by atoms with Crippen LogP contribution in [0.3, 0.4) is 0 Å². The lowest BCUT2D eigenvalue weighted by molar-refractivity contribution is 0.413. The van der Waals surface area contributed by atoms with Gasteiger partial charge in [-0.3, -0.25) is 0 Å². The average molecular weight is 523 g/mol. The van der Waals surface area contributed by atoms with Gasteiger partial charge < -0.3 is 24.3 Å². The van der Waals surface area contributed by atoms with E-state index in [0.717, 1.165) is 39.4 Å². The van der Waals surface area contributed by atoms with Crippen LogP contribution < -0.4 is 24.3 Å². The van der Waals surface area contributed by atoms with Crippen molar-refractivity contribution in [1.29, 1.82) is 0 Å².